The highest BCUT2D eigenvalue weighted by molar-refractivity contribution is 5.87. The molecule has 0 aliphatic heterocycles. The van der Waals surface area contributed by atoms with Gasteiger partial charge >= 0.3 is 5.97 Å². The molecule has 86 valence electrons. The van der Waals surface area contributed by atoms with Crippen LogP contribution < -0.4 is 0 Å². The van der Waals surface area contributed by atoms with Crippen molar-refractivity contribution in [3.8, 4) is 0 Å². The van der Waals surface area contributed by atoms with Gasteiger partial charge in [-0.05, 0) is 26.7 Å². The molecule has 0 aromatic heterocycles. The van der Waals surface area contributed by atoms with Crippen molar-refractivity contribution in [1.29, 1.82) is 0 Å². The Kier molecular flexibility index (Phi) is 3.37. The lowest BCUT2D eigenvalue weighted by Crippen LogP contribution is -2.52. The highest BCUT2D eigenvalue weighted by atomic mass is 16.4. The lowest BCUT2D eigenvalue weighted by atomic mass is 9.99. The Bertz CT molecular complexity index is 267. The van der Waals surface area contributed by atoms with Gasteiger partial charge in [-0.1, -0.05) is 12.8 Å². The standard InChI is InChI=1S/C11H19NO3/c1-11(2,10(14)15)12(3)9(13)8-6-4-5-7-8/h8H,4-7H2,1-3H3,(H,14,15). The molecule has 1 saturated carbocycles. The van der Waals surface area contributed by atoms with Crippen molar-refractivity contribution in [2.75, 3.05) is 7.05 Å². The van der Waals surface area contributed by atoms with Gasteiger partial charge in [-0.2, -0.15) is 0 Å². The van der Waals surface area contributed by atoms with Gasteiger partial charge in [0.25, 0.3) is 0 Å². The lowest BCUT2D eigenvalue weighted by molar-refractivity contribution is -0.156. The summed E-state index contributed by atoms with van der Waals surface area (Å²) >= 11 is 0. The quantitative estimate of drug-likeness (QED) is 0.772. The van der Waals surface area contributed by atoms with E-state index in [0.717, 1.165) is 25.7 Å². The normalized spacial score (nSPS) is 17.8. The van der Waals surface area contributed by atoms with E-state index < -0.39 is 11.5 Å². The second kappa shape index (κ2) is 4.21. The van der Waals surface area contributed by atoms with Crippen LogP contribution in [0.25, 0.3) is 0 Å². The van der Waals surface area contributed by atoms with Crippen molar-refractivity contribution in [2.45, 2.75) is 45.1 Å². The number of carbonyl (C=O) groups excluding carboxylic acids is 1. The molecular formula is C11H19NO3. The Balaban J connectivity index is 2.70. The third-order valence-electron chi connectivity index (χ3n) is 3.40. The Hall–Kier alpha value is -1.06. The van der Waals surface area contributed by atoms with Crippen molar-refractivity contribution in [2.24, 2.45) is 5.92 Å². The molecule has 1 rings (SSSR count). The molecular weight excluding hydrogens is 194 g/mol. The van der Waals surface area contributed by atoms with Gasteiger partial charge in [0.2, 0.25) is 5.91 Å². The van der Waals surface area contributed by atoms with Crippen LogP contribution in [-0.2, 0) is 9.59 Å². The van der Waals surface area contributed by atoms with Crippen molar-refractivity contribution in [1.82, 2.24) is 4.90 Å². The van der Waals surface area contributed by atoms with Crippen LogP contribution in [0.3, 0.4) is 0 Å². The van der Waals surface area contributed by atoms with E-state index in [4.69, 9.17) is 5.11 Å². The predicted octanol–water partition coefficient (Wildman–Crippen LogP) is 1.50. The Labute approximate surface area is 90.3 Å². The van der Waals surface area contributed by atoms with Crippen molar-refractivity contribution >= 4 is 11.9 Å². The molecule has 0 spiro atoms. The summed E-state index contributed by atoms with van der Waals surface area (Å²) in [4.78, 5) is 24.3. The van der Waals surface area contributed by atoms with Gasteiger partial charge in [0.1, 0.15) is 5.54 Å². The van der Waals surface area contributed by atoms with E-state index in [1.165, 1.54) is 4.90 Å². The van der Waals surface area contributed by atoms with Crippen LogP contribution in [0.5, 0.6) is 0 Å². The second-order valence-corrected chi connectivity index (χ2v) is 4.74. The maximum Gasteiger partial charge on any atom is 0.329 e. The second-order valence-electron chi connectivity index (χ2n) is 4.74. The van der Waals surface area contributed by atoms with E-state index in [9.17, 15) is 9.59 Å². The summed E-state index contributed by atoms with van der Waals surface area (Å²) in [5, 5.41) is 9.01. The fraction of sp³-hybridized carbons (Fsp3) is 0.818. The molecule has 0 atom stereocenters. The zero-order valence-corrected chi connectivity index (χ0v) is 9.62. The van der Waals surface area contributed by atoms with E-state index in [0.29, 0.717) is 0 Å². The van der Waals surface area contributed by atoms with E-state index in [1.807, 2.05) is 0 Å². The van der Waals surface area contributed by atoms with Crippen LogP contribution in [-0.4, -0.2) is 34.5 Å². The fourth-order valence-electron chi connectivity index (χ4n) is 1.87. The SMILES string of the molecule is CN(C(=O)C1CCCC1)C(C)(C)C(=O)O. The van der Waals surface area contributed by atoms with Crippen LogP contribution in [0.4, 0.5) is 0 Å². The number of hydrogen-bond donors (Lipinski definition) is 1. The first-order valence-electron chi connectivity index (χ1n) is 5.38. The summed E-state index contributed by atoms with van der Waals surface area (Å²) in [5.74, 6) is -0.954. The third kappa shape index (κ3) is 2.30. The molecule has 0 heterocycles. The van der Waals surface area contributed by atoms with Crippen molar-refractivity contribution < 1.29 is 14.7 Å². The maximum absolute atomic E-state index is 12.0. The molecule has 15 heavy (non-hydrogen) atoms. The van der Waals surface area contributed by atoms with E-state index in [2.05, 4.69) is 0 Å². The predicted molar refractivity (Wildman–Crippen MR) is 56.4 cm³/mol. The van der Waals surface area contributed by atoms with Gasteiger partial charge in [-0.15, -0.1) is 0 Å². The number of carbonyl (C=O) groups is 2. The summed E-state index contributed by atoms with van der Waals surface area (Å²) in [6.07, 6.45) is 3.97. The molecule has 0 bridgehead atoms. The molecule has 0 radical (unpaired) electrons. The number of aliphatic carboxylic acids is 1. The molecule has 4 nitrogen and oxygen atoms in total. The zero-order valence-electron chi connectivity index (χ0n) is 9.62. The van der Waals surface area contributed by atoms with Gasteiger partial charge in [-0.3, -0.25) is 4.79 Å². The van der Waals surface area contributed by atoms with E-state index in [-0.39, 0.29) is 11.8 Å². The minimum Gasteiger partial charge on any atom is -0.480 e. The highest BCUT2D eigenvalue weighted by Gasteiger charge is 2.38. The summed E-state index contributed by atoms with van der Waals surface area (Å²) in [5.41, 5.74) is -1.11. The van der Waals surface area contributed by atoms with E-state index in [1.54, 1.807) is 20.9 Å². The molecule has 1 aliphatic rings. The number of amides is 1. The smallest absolute Gasteiger partial charge is 0.329 e. The Morgan fingerprint density at radius 1 is 1.27 bits per heavy atom. The van der Waals surface area contributed by atoms with Gasteiger partial charge in [0.15, 0.2) is 0 Å². The molecule has 0 aromatic carbocycles. The average molecular weight is 213 g/mol. The number of carboxylic acid groups (broad SMARTS) is 1. The minimum absolute atomic E-state index is 0.0279. The zero-order chi connectivity index (χ0) is 11.6. The Morgan fingerprint density at radius 2 is 1.73 bits per heavy atom. The van der Waals surface area contributed by atoms with Gasteiger partial charge in [0.05, 0.1) is 0 Å². The molecule has 1 fully saturated rings. The topological polar surface area (TPSA) is 57.6 Å². The molecule has 1 N–H and O–H groups in total. The molecule has 1 amide bonds. The van der Waals surface area contributed by atoms with Crippen LogP contribution in [0.15, 0.2) is 0 Å². The van der Waals surface area contributed by atoms with Crippen LogP contribution in [0.2, 0.25) is 0 Å². The molecule has 0 saturated heterocycles. The van der Waals surface area contributed by atoms with Crippen LogP contribution in [0, 0.1) is 5.92 Å². The van der Waals surface area contributed by atoms with Crippen LogP contribution in [0.1, 0.15) is 39.5 Å². The first-order valence-corrected chi connectivity index (χ1v) is 5.38. The number of nitrogens with zero attached hydrogens (tertiary/aromatic N) is 1. The van der Waals surface area contributed by atoms with Gasteiger partial charge in [0, 0.05) is 13.0 Å². The molecule has 1 aliphatic carbocycles. The molecule has 0 aromatic rings. The number of hydrogen-bond acceptors (Lipinski definition) is 2. The Morgan fingerprint density at radius 3 is 2.13 bits per heavy atom. The lowest BCUT2D eigenvalue weighted by Gasteiger charge is -2.33. The van der Waals surface area contributed by atoms with Gasteiger partial charge in [-0.25, -0.2) is 4.79 Å². The first-order chi connectivity index (χ1) is 6.87. The number of rotatable bonds is 3. The monoisotopic (exact) mass is 213 g/mol. The molecule has 4 heteroatoms. The van der Waals surface area contributed by atoms with Crippen molar-refractivity contribution in [3.05, 3.63) is 0 Å². The van der Waals surface area contributed by atoms with Crippen molar-refractivity contribution in [3.63, 3.8) is 0 Å². The highest BCUT2D eigenvalue weighted by Crippen LogP contribution is 2.28. The summed E-state index contributed by atoms with van der Waals surface area (Å²) in [6.45, 7) is 3.12. The van der Waals surface area contributed by atoms with Gasteiger partial charge < -0.3 is 10.0 Å². The first kappa shape index (κ1) is 12.0. The van der Waals surface area contributed by atoms with E-state index >= 15 is 0 Å². The fourth-order valence-corrected chi connectivity index (χ4v) is 1.87. The minimum atomic E-state index is -1.11. The maximum atomic E-state index is 12.0. The summed E-state index contributed by atoms with van der Waals surface area (Å²) < 4.78 is 0. The third-order valence-corrected chi connectivity index (χ3v) is 3.40. The average Bonchev–Trinajstić information content (AvgIpc) is 2.67. The largest absolute Gasteiger partial charge is 0.480 e. The number of likely N-dealkylation sites (N-methyl/N-ethyl adjacent to an activating group) is 1. The summed E-state index contributed by atoms with van der Waals surface area (Å²) in [6, 6.07) is 0. The molecule has 0 unspecified atom stereocenters. The number of carboxylic acids is 1. The summed E-state index contributed by atoms with van der Waals surface area (Å²) in [7, 11) is 1.58. The van der Waals surface area contributed by atoms with Crippen LogP contribution >= 0.6 is 0 Å².